The molecule has 0 saturated carbocycles. The fourth-order valence-corrected chi connectivity index (χ4v) is 3.73. The van der Waals surface area contributed by atoms with E-state index in [-0.39, 0.29) is 0 Å². The van der Waals surface area contributed by atoms with Crippen molar-refractivity contribution in [2.24, 2.45) is 16.8 Å². The van der Waals surface area contributed by atoms with Crippen molar-refractivity contribution in [2.75, 3.05) is 32.1 Å². The number of aliphatic carboxylic acids is 1. The second-order valence-electron chi connectivity index (χ2n) is 6.90. The number of carboxylic acids is 1. The number of fused-ring (bicyclic) bond motifs is 1. The lowest BCUT2D eigenvalue weighted by Crippen LogP contribution is -2.47. The number of aliphatic imine (C=N–C) groups is 1. The standard InChI is InChI=1S/C18H23N3O3/c1-11-10-21(7-6-16(11)20(2)3)12-4-5-13-15(8-12)19-9-14(17(13)22)18(23)24/h4-5,8-9,11,14,16H,6-7,10H2,1-3H3,(H,23,24). The summed E-state index contributed by atoms with van der Waals surface area (Å²) >= 11 is 0. The Kier molecular flexibility index (Phi) is 4.41. The quantitative estimate of drug-likeness (QED) is 0.859. The topological polar surface area (TPSA) is 73.2 Å². The van der Waals surface area contributed by atoms with Crippen LogP contribution in [0.1, 0.15) is 23.7 Å². The Labute approximate surface area is 141 Å². The first kappa shape index (κ1) is 16.6. The fraction of sp³-hybridized carbons (Fsp3) is 0.500. The average Bonchev–Trinajstić information content (AvgIpc) is 2.54. The molecule has 3 unspecified atom stereocenters. The molecule has 1 aromatic carbocycles. The monoisotopic (exact) mass is 329 g/mol. The van der Waals surface area contributed by atoms with Crippen LogP contribution in [-0.2, 0) is 4.79 Å². The zero-order valence-electron chi connectivity index (χ0n) is 14.3. The molecule has 1 fully saturated rings. The van der Waals surface area contributed by atoms with Gasteiger partial charge in [-0.05, 0) is 44.6 Å². The van der Waals surface area contributed by atoms with Crippen molar-refractivity contribution in [3.05, 3.63) is 23.8 Å². The molecule has 1 N–H and O–H groups in total. The van der Waals surface area contributed by atoms with Gasteiger partial charge in [0.05, 0.1) is 5.69 Å². The second kappa shape index (κ2) is 6.36. The van der Waals surface area contributed by atoms with Gasteiger partial charge >= 0.3 is 5.97 Å². The van der Waals surface area contributed by atoms with Gasteiger partial charge in [0.2, 0.25) is 0 Å². The number of carbonyl (C=O) groups excluding carboxylic acids is 1. The number of ketones is 1. The van der Waals surface area contributed by atoms with Crippen molar-refractivity contribution in [3.8, 4) is 0 Å². The molecule has 0 radical (unpaired) electrons. The van der Waals surface area contributed by atoms with Gasteiger partial charge in [-0.3, -0.25) is 14.6 Å². The van der Waals surface area contributed by atoms with Crippen LogP contribution < -0.4 is 4.90 Å². The van der Waals surface area contributed by atoms with Crippen molar-refractivity contribution >= 4 is 29.3 Å². The van der Waals surface area contributed by atoms with Crippen LogP contribution >= 0.6 is 0 Å². The van der Waals surface area contributed by atoms with E-state index in [2.05, 4.69) is 35.8 Å². The Balaban J connectivity index is 1.81. The predicted octanol–water partition coefficient (Wildman–Crippen LogP) is 2.06. The Bertz CT molecular complexity index is 699. The van der Waals surface area contributed by atoms with Crippen LogP contribution in [0.15, 0.2) is 23.2 Å². The minimum atomic E-state index is -1.17. The fourth-order valence-electron chi connectivity index (χ4n) is 3.73. The molecule has 3 atom stereocenters. The van der Waals surface area contributed by atoms with Crippen LogP contribution in [0.2, 0.25) is 0 Å². The van der Waals surface area contributed by atoms with Gasteiger partial charge in [-0.1, -0.05) is 6.92 Å². The number of nitrogens with zero attached hydrogens (tertiary/aromatic N) is 3. The van der Waals surface area contributed by atoms with E-state index in [4.69, 9.17) is 5.11 Å². The minimum absolute atomic E-state index is 0.390. The average molecular weight is 329 g/mol. The SMILES string of the molecule is CC1CN(c2ccc3c(c2)N=CC(C(=O)O)C3=O)CCC1N(C)C. The molecule has 0 spiro atoms. The van der Waals surface area contributed by atoms with Gasteiger partial charge in [0, 0.05) is 36.6 Å². The number of rotatable bonds is 3. The number of anilines is 1. The summed E-state index contributed by atoms with van der Waals surface area (Å²) < 4.78 is 0. The number of carbonyl (C=O) groups is 2. The molecule has 0 bridgehead atoms. The summed E-state index contributed by atoms with van der Waals surface area (Å²) in [6.45, 7) is 4.17. The normalized spacial score (nSPS) is 26.6. The minimum Gasteiger partial charge on any atom is -0.480 e. The summed E-state index contributed by atoms with van der Waals surface area (Å²) in [5.41, 5.74) is 2.00. The molecule has 2 heterocycles. The van der Waals surface area contributed by atoms with Crippen molar-refractivity contribution in [1.29, 1.82) is 0 Å². The van der Waals surface area contributed by atoms with Gasteiger partial charge in [0.25, 0.3) is 0 Å². The van der Waals surface area contributed by atoms with Gasteiger partial charge in [0.15, 0.2) is 11.7 Å². The molecule has 1 saturated heterocycles. The zero-order valence-corrected chi connectivity index (χ0v) is 14.3. The highest BCUT2D eigenvalue weighted by Gasteiger charge is 2.32. The van der Waals surface area contributed by atoms with Gasteiger partial charge in [-0.25, -0.2) is 0 Å². The molecule has 2 aliphatic heterocycles. The Morgan fingerprint density at radius 3 is 2.75 bits per heavy atom. The number of benzene rings is 1. The number of carboxylic acid groups (broad SMARTS) is 1. The van der Waals surface area contributed by atoms with Gasteiger partial charge < -0.3 is 14.9 Å². The van der Waals surface area contributed by atoms with E-state index in [0.29, 0.717) is 23.2 Å². The molecule has 2 aliphatic rings. The lowest BCUT2D eigenvalue weighted by atomic mass is 9.91. The Hall–Kier alpha value is -2.21. The van der Waals surface area contributed by atoms with E-state index in [1.165, 1.54) is 6.21 Å². The van der Waals surface area contributed by atoms with E-state index < -0.39 is 17.7 Å². The molecule has 0 aliphatic carbocycles. The lowest BCUT2D eigenvalue weighted by Gasteiger charge is -2.41. The molecule has 0 aromatic heterocycles. The molecule has 6 heteroatoms. The Morgan fingerprint density at radius 2 is 2.12 bits per heavy atom. The molecule has 1 aromatic rings. The van der Waals surface area contributed by atoms with Crippen LogP contribution in [0.3, 0.4) is 0 Å². The molecule has 128 valence electrons. The van der Waals surface area contributed by atoms with E-state index in [1.54, 1.807) is 6.07 Å². The van der Waals surface area contributed by atoms with Gasteiger partial charge in [0.1, 0.15) is 0 Å². The summed E-state index contributed by atoms with van der Waals surface area (Å²) in [6, 6.07) is 6.08. The number of hydrogen-bond donors (Lipinski definition) is 1. The molecular formula is C18H23N3O3. The van der Waals surface area contributed by atoms with Crippen LogP contribution in [0, 0.1) is 11.8 Å². The Morgan fingerprint density at radius 1 is 1.38 bits per heavy atom. The first-order valence-electron chi connectivity index (χ1n) is 8.25. The summed E-state index contributed by atoms with van der Waals surface area (Å²) in [6.07, 6.45) is 2.33. The highest BCUT2D eigenvalue weighted by molar-refractivity contribution is 6.22. The van der Waals surface area contributed by atoms with Gasteiger partial charge in [-0.15, -0.1) is 0 Å². The maximum Gasteiger partial charge on any atom is 0.319 e. The summed E-state index contributed by atoms with van der Waals surface area (Å²) in [5, 5.41) is 9.07. The van der Waals surface area contributed by atoms with Crippen molar-refractivity contribution in [2.45, 2.75) is 19.4 Å². The summed E-state index contributed by atoms with van der Waals surface area (Å²) in [4.78, 5) is 32.1. The van der Waals surface area contributed by atoms with Crippen LogP contribution in [0.25, 0.3) is 0 Å². The molecule has 6 nitrogen and oxygen atoms in total. The van der Waals surface area contributed by atoms with Crippen LogP contribution in [0.5, 0.6) is 0 Å². The van der Waals surface area contributed by atoms with E-state index in [1.807, 2.05) is 12.1 Å². The predicted molar refractivity (Wildman–Crippen MR) is 93.5 cm³/mol. The largest absolute Gasteiger partial charge is 0.480 e. The van der Waals surface area contributed by atoms with E-state index in [0.717, 1.165) is 25.2 Å². The van der Waals surface area contributed by atoms with Crippen LogP contribution in [-0.4, -0.2) is 61.2 Å². The van der Waals surface area contributed by atoms with E-state index >= 15 is 0 Å². The smallest absolute Gasteiger partial charge is 0.319 e. The summed E-state index contributed by atoms with van der Waals surface area (Å²) in [5.74, 6) is -2.16. The molecule has 0 amide bonds. The lowest BCUT2D eigenvalue weighted by molar-refractivity contribution is -0.137. The van der Waals surface area contributed by atoms with Crippen molar-refractivity contribution in [3.63, 3.8) is 0 Å². The van der Waals surface area contributed by atoms with E-state index in [9.17, 15) is 9.59 Å². The first-order chi connectivity index (χ1) is 11.4. The third-order valence-electron chi connectivity index (χ3n) is 5.05. The third kappa shape index (κ3) is 2.94. The first-order valence-corrected chi connectivity index (χ1v) is 8.25. The second-order valence-corrected chi connectivity index (χ2v) is 6.90. The van der Waals surface area contributed by atoms with Crippen LogP contribution in [0.4, 0.5) is 11.4 Å². The molecule has 24 heavy (non-hydrogen) atoms. The van der Waals surface area contributed by atoms with Gasteiger partial charge in [-0.2, -0.15) is 0 Å². The highest BCUT2D eigenvalue weighted by Crippen LogP contribution is 2.33. The molecular weight excluding hydrogens is 306 g/mol. The highest BCUT2D eigenvalue weighted by atomic mass is 16.4. The summed E-state index contributed by atoms with van der Waals surface area (Å²) in [7, 11) is 4.24. The third-order valence-corrected chi connectivity index (χ3v) is 5.05. The number of Topliss-reactive ketones (excluding diaryl/α,β-unsaturated/α-hetero) is 1. The number of hydrogen-bond acceptors (Lipinski definition) is 5. The maximum absolute atomic E-state index is 12.2. The van der Waals surface area contributed by atoms with Crippen molar-refractivity contribution < 1.29 is 14.7 Å². The molecule has 3 rings (SSSR count). The zero-order chi connectivity index (χ0) is 17.4. The maximum atomic E-state index is 12.2. The number of piperidine rings is 1. The van der Waals surface area contributed by atoms with Crippen molar-refractivity contribution in [1.82, 2.24) is 4.90 Å².